The van der Waals surface area contributed by atoms with Gasteiger partial charge in [0.1, 0.15) is 5.82 Å². The van der Waals surface area contributed by atoms with Crippen molar-refractivity contribution in [3.8, 4) is 5.69 Å². The van der Waals surface area contributed by atoms with Crippen LogP contribution >= 0.6 is 23.4 Å². The van der Waals surface area contributed by atoms with Gasteiger partial charge < -0.3 is 5.32 Å². The van der Waals surface area contributed by atoms with E-state index in [1.807, 2.05) is 32.0 Å². The van der Waals surface area contributed by atoms with Crippen LogP contribution < -0.4 is 10.9 Å². The molecule has 0 fully saturated rings. The highest BCUT2D eigenvalue weighted by Crippen LogP contribution is 2.20. The molecular formula is C20H17ClFN3O2S. The maximum Gasteiger partial charge on any atom is 0.287 e. The van der Waals surface area contributed by atoms with E-state index in [1.165, 1.54) is 22.9 Å². The lowest BCUT2D eigenvalue weighted by Crippen LogP contribution is -2.22. The second kappa shape index (κ2) is 8.58. The van der Waals surface area contributed by atoms with Crippen LogP contribution in [0.1, 0.15) is 11.1 Å². The van der Waals surface area contributed by atoms with E-state index in [0.29, 0.717) is 0 Å². The summed E-state index contributed by atoms with van der Waals surface area (Å²) >= 11 is 6.69. The quantitative estimate of drug-likeness (QED) is 0.626. The number of hydrogen-bond acceptors (Lipinski definition) is 4. The lowest BCUT2D eigenvalue weighted by molar-refractivity contribution is -0.113. The van der Waals surface area contributed by atoms with Crippen LogP contribution in [0.3, 0.4) is 0 Å². The van der Waals surface area contributed by atoms with Gasteiger partial charge in [0.05, 0.1) is 11.4 Å². The number of amides is 1. The number of carbonyl (C=O) groups excluding carboxylic acids is 1. The first-order valence-corrected chi connectivity index (χ1v) is 9.74. The van der Waals surface area contributed by atoms with Crippen LogP contribution in [-0.2, 0) is 4.79 Å². The number of aryl methyl sites for hydroxylation is 2. The molecule has 0 saturated carbocycles. The maximum absolute atomic E-state index is 13.8. The molecule has 1 aromatic heterocycles. The second-order valence-corrected chi connectivity index (χ2v) is 7.61. The van der Waals surface area contributed by atoms with Crippen molar-refractivity contribution in [3.05, 3.63) is 81.1 Å². The van der Waals surface area contributed by atoms with Gasteiger partial charge in [0.25, 0.3) is 5.56 Å². The van der Waals surface area contributed by atoms with E-state index in [9.17, 15) is 14.0 Å². The van der Waals surface area contributed by atoms with Crippen molar-refractivity contribution in [2.24, 2.45) is 0 Å². The van der Waals surface area contributed by atoms with Gasteiger partial charge >= 0.3 is 0 Å². The first kappa shape index (κ1) is 20.1. The standard InChI is InChI=1S/C20H17ClFN3O2S/c1-12-7-13(2)9-15(8-12)25-6-5-23-19(20(25)27)28-11-18(26)24-17-4-3-14(21)10-16(17)22/h3-10H,11H2,1-2H3,(H,24,26). The average Bonchev–Trinajstić information content (AvgIpc) is 2.62. The zero-order valence-corrected chi connectivity index (χ0v) is 16.8. The van der Waals surface area contributed by atoms with E-state index in [1.54, 1.807) is 6.20 Å². The number of nitrogens with zero attached hydrogens (tertiary/aromatic N) is 2. The summed E-state index contributed by atoms with van der Waals surface area (Å²) in [6, 6.07) is 9.80. The molecule has 8 heteroatoms. The lowest BCUT2D eigenvalue weighted by Gasteiger charge is -2.10. The Morgan fingerprint density at radius 2 is 1.93 bits per heavy atom. The van der Waals surface area contributed by atoms with Gasteiger partial charge in [-0.2, -0.15) is 0 Å². The van der Waals surface area contributed by atoms with E-state index in [-0.39, 0.29) is 27.0 Å². The predicted molar refractivity (Wildman–Crippen MR) is 110 cm³/mol. The Morgan fingerprint density at radius 3 is 2.61 bits per heavy atom. The second-order valence-electron chi connectivity index (χ2n) is 6.21. The highest BCUT2D eigenvalue weighted by molar-refractivity contribution is 7.99. The van der Waals surface area contributed by atoms with Gasteiger partial charge in [0.2, 0.25) is 5.91 Å². The number of halogens is 2. The molecule has 0 saturated heterocycles. The van der Waals surface area contributed by atoms with Crippen molar-refractivity contribution in [2.75, 3.05) is 11.1 Å². The minimum absolute atomic E-state index is 0.0312. The Labute approximate surface area is 170 Å². The molecule has 2 aromatic carbocycles. The van der Waals surface area contributed by atoms with Gasteiger partial charge in [-0.15, -0.1) is 0 Å². The van der Waals surface area contributed by atoms with E-state index in [0.717, 1.165) is 34.6 Å². The zero-order chi connectivity index (χ0) is 20.3. The van der Waals surface area contributed by atoms with Crippen LogP contribution in [0.15, 0.2) is 58.6 Å². The highest BCUT2D eigenvalue weighted by atomic mass is 35.5. The van der Waals surface area contributed by atoms with Gasteiger partial charge in [-0.25, -0.2) is 9.37 Å². The summed E-state index contributed by atoms with van der Waals surface area (Å²) in [5.41, 5.74) is 2.53. The van der Waals surface area contributed by atoms with Crippen LogP contribution in [0, 0.1) is 19.7 Å². The van der Waals surface area contributed by atoms with Gasteiger partial charge in [-0.3, -0.25) is 14.2 Å². The largest absolute Gasteiger partial charge is 0.323 e. The lowest BCUT2D eigenvalue weighted by atomic mass is 10.1. The average molecular weight is 418 g/mol. The van der Waals surface area contributed by atoms with Gasteiger partial charge in [-0.05, 0) is 55.3 Å². The Kier molecular flexibility index (Phi) is 6.16. The molecule has 0 aliphatic rings. The first-order valence-electron chi connectivity index (χ1n) is 8.37. The van der Waals surface area contributed by atoms with Crippen molar-refractivity contribution in [3.63, 3.8) is 0 Å². The fourth-order valence-electron chi connectivity index (χ4n) is 2.70. The van der Waals surface area contributed by atoms with E-state index >= 15 is 0 Å². The summed E-state index contributed by atoms with van der Waals surface area (Å²) in [6.45, 7) is 3.91. The Hall–Kier alpha value is -2.64. The number of aromatic nitrogens is 2. The molecule has 3 rings (SSSR count). The van der Waals surface area contributed by atoms with Crippen molar-refractivity contribution in [1.82, 2.24) is 9.55 Å². The van der Waals surface area contributed by atoms with Crippen LogP contribution in [0.2, 0.25) is 5.02 Å². The molecule has 0 atom stereocenters. The summed E-state index contributed by atoms with van der Waals surface area (Å²) in [4.78, 5) is 28.9. The summed E-state index contributed by atoms with van der Waals surface area (Å²) in [5, 5.41) is 2.89. The molecule has 0 radical (unpaired) electrons. The summed E-state index contributed by atoms with van der Waals surface area (Å²) in [6.07, 6.45) is 3.10. The first-order chi connectivity index (χ1) is 13.3. The number of hydrogen-bond donors (Lipinski definition) is 1. The maximum atomic E-state index is 13.8. The number of thioether (sulfide) groups is 1. The van der Waals surface area contributed by atoms with Crippen LogP contribution in [0.4, 0.5) is 10.1 Å². The minimum Gasteiger partial charge on any atom is -0.323 e. The Morgan fingerprint density at radius 1 is 1.21 bits per heavy atom. The molecule has 144 valence electrons. The van der Waals surface area contributed by atoms with Crippen LogP contribution in [0.5, 0.6) is 0 Å². The molecule has 0 bridgehead atoms. The summed E-state index contributed by atoms with van der Waals surface area (Å²) in [7, 11) is 0. The fourth-order valence-corrected chi connectivity index (χ4v) is 3.55. The third-order valence-corrected chi connectivity index (χ3v) is 5.03. The van der Waals surface area contributed by atoms with Crippen molar-refractivity contribution >= 4 is 35.0 Å². The van der Waals surface area contributed by atoms with E-state index < -0.39 is 11.7 Å². The van der Waals surface area contributed by atoms with Crippen molar-refractivity contribution in [1.29, 1.82) is 0 Å². The normalized spacial score (nSPS) is 10.7. The minimum atomic E-state index is -0.624. The van der Waals surface area contributed by atoms with E-state index in [4.69, 9.17) is 11.6 Å². The molecular weight excluding hydrogens is 401 g/mol. The number of carbonyl (C=O) groups is 1. The molecule has 1 N–H and O–H groups in total. The SMILES string of the molecule is Cc1cc(C)cc(-n2ccnc(SCC(=O)Nc3ccc(Cl)cc3F)c2=O)c1. The number of anilines is 1. The molecule has 0 unspecified atom stereocenters. The summed E-state index contributed by atoms with van der Waals surface area (Å²) < 4.78 is 15.3. The van der Waals surface area contributed by atoms with Crippen molar-refractivity contribution < 1.29 is 9.18 Å². The molecule has 0 aliphatic carbocycles. The van der Waals surface area contributed by atoms with Crippen LogP contribution in [0.25, 0.3) is 5.69 Å². The Balaban J connectivity index is 1.74. The van der Waals surface area contributed by atoms with Crippen LogP contribution in [-0.4, -0.2) is 21.2 Å². The fraction of sp³-hybridized carbons (Fsp3) is 0.150. The van der Waals surface area contributed by atoms with Gasteiger partial charge in [-0.1, -0.05) is 29.4 Å². The van der Waals surface area contributed by atoms with Gasteiger partial charge in [0.15, 0.2) is 5.03 Å². The van der Waals surface area contributed by atoms with E-state index in [2.05, 4.69) is 10.3 Å². The number of rotatable bonds is 5. The topological polar surface area (TPSA) is 64.0 Å². The van der Waals surface area contributed by atoms with Crippen molar-refractivity contribution in [2.45, 2.75) is 18.9 Å². The predicted octanol–water partition coefficient (Wildman–Crippen LogP) is 4.37. The smallest absolute Gasteiger partial charge is 0.287 e. The third kappa shape index (κ3) is 4.79. The molecule has 5 nitrogen and oxygen atoms in total. The summed E-state index contributed by atoms with van der Waals surface area (Å²) in [5.74, 6) is -1.16. The molecule has 0 spiro atoms. The zero-order valence-electron chi connectivity index (χ0n) is 15.2. The number of nitrogens with one attached hydrogen (secondary N) is 1. The molecule has 1 amide bonds. The molecule has 28 heavy (non-hydrogen) atoms. The number of benzene rings is 2. The molecule has 0 aliphatic heterocycles. The third-order valence-electron chi connectivity index (χ3n) is 3.84. The molecule has 3 aromatic rings. The highest BCUT2D eigenvalue weighted by Gasteiger charge is 2.12. The monoisotopic (exact) mass is 417 g/mol. The molecule has 1 heterocycles. The Bertz CT molecular complexity index is 1080. The van der Waals surface area contributed by atoms with Gasteiger partial charge in [0, 0.05) is 23.1 Å².